The fourth-order valence-corrected chi connectivity index (χ4v) is 3.61. The van der Waals surface area contributed by atoms with Crippen LogP contribution < -0.4 is 5.32 Å². The summed E-state index contributed by atoms with van der Waals surface area (Å²) in [7, 11) is 0. The zero-order chi connectivity index (χ0) is 15.2. The van der Waals surface area contributed by atoms with Gasteiger partial charge in [0.2, 0.25) is 5.91 Å². The Labute approximate surface area is 135 Å². The Kier molecular flexibility index (Phi) is 6.48. The van der Waals surface area contributed by atoms with Gasteiger partial charge in [0.15, 0.2) is 0 Å². The Bertz CT molecular complexity index is 458. The van der Waals surface area contributed by atoms with Crippen molar-refractivity contribution in [3.05, 3.63) is 21.3 Å². The number of aliphatic hydroxyl groups is 1. The normalized spacial score (nSPS) is 18.6. The standard InChI is InChI=1S/C15H23ClN2O2S/c1-11(13-3-4-14(16)21-13)15(20)17-7-2-8-18-9-5-12(19)6-10-18/h3-4,11-12,19H,2,5-10H2,1H3,(H,17,20). The highest BCUT2D eigenvalue weighted by Gasteiger charge is 2.18. The molecule has 0 aromatic carbocycles. The molecule has 0 spiro atoms. The molecular formula is C15H23ClN2O2S. The summed E-state index contributed by atoms with van der Waals surface area (Å²) < 4.78 is 0.719. The average Bonchev–Trinajstić information content (AvgIpc) is 2.91. The molecule has 0 radical (unpaired) electrons. The molecule has 4 nitrogen and oxygen atoms in total. The third kappa shape index (κ3) is 5.25. The minimum Gasteiger partial charge on any atom is -0.393 e. The van der Waals surface area contributed by atoms with Crippen molar-refractivity contribution in [2.24, 2.45) is 0 Å². The zero-order valence-corrected chi connectivity index (χ0v) is 13.9. The lowest BCUT2D eigenvalue weighted by atomic mass is 10.1. The molecule has 1 aromatic rings. The number of carbonyl (C=O) groups excluding carboxylic acids is 1. The number of halogens is 1. The second kappa shape index (κ2) is 8.13. The van der Waals surface area contributed by atoms with Crippen LogP contribution in [0.5, 0.6) is 0 Å². The van der Waals surface area contributed by atoms with Crippen LogP contribution in [0.25, 0.3) is 0 Å². The molecule has 2 heterocycles. The third-order valence-electron chi connectivity index (χ3n) is 3.92. The number of hydrogen-bond acceptors (Lipinski definition) is 4. The first-order valence-electron chi connectivity index (χ1n) is 7.49. The summed E-state index contributed by atoms with van der Waals surface area (Å²) in [6.45, 7) is 5.50. The predicted octanol–water partition coefficient (Wildman–Crippen LogP) is 2.47. The lowest BCUT2D eigenvalue weighted by Crippen LogP contribution is -2.38. The van der Waals surface area contributed by atoms with Gasteiger partial charge in [-0.05, 0) is 44.9 Å². The van der Waals surface area contributed by atoms with Crippen LogP contribution in [0.15, 0.2) is 12.1 Å². The van der Waals surface area contributed by atoms with Crippen LogP contribution in [0.4, 0.5) is 0 Å². The molecule has 118 valence electrons. The van der Waals surface area contributed by atoms with E-state index in [0.29, 0.717) is 6.54 Å². The molecule has 0 saturated carbocycles. The van der Waals surface area contributed by atoms with E-state index in [0.717, 1.165) is 48.1 Å². The molecule has 1 unspecified atom stereocenters. The highest BCUT2D eigenvalue weighted by molar-refractivity contribution is 7.16. The summed E-state index contributed by atoms with van der Waals surface area (Å²) in [6, 6.07) is 3.74. The van der Waals surface area contributed by atoms with Gasteiger partial charge in [0.05, 0.1) is 16.4 Å². The molecule has 0 bridgehead atoms. The Morgan fingerprint density at radius 1 is 1.52 bits per heavy atom. The van der Waals surface area contributed by atoms with Gasteiger partial charge in [-0.3, -0.25) is 4.79 Å². The van der Waals surface area contributed by atoms with Crippen molar-refractivity contribution in [2.75, 3.05) is 26.2 Å². The van der Waals surface area contributed by atoms with Crippen LogP contribution in [-0.4, -0.2) is 48.2 Å². The summed E-state index contributed by atoms with van der Waals surface area (Å²) in [5.41, 5.74) is 0. The maximum Gasteiger partial charge on any atom is 0.228 e. The van der Waals surface area contributed by atoms with E-state index in [-0.39, 0.29) is 17.9 Å². The maximum absolute atomic E-state index is 12.1. The Hall–Kier alpha value is -0.620. The van der Waals surface area contributed by atoms with Crippen LogP contribution in [-0.2, 0) is 4.79 Å². The largest absolute Gasteiger partial charge is 0.393 e. The molecule has 6 heteroatoms. The summed E-state index contributed by atoms with van der Waals surface area (Å²) in [4.78, 5) is 15.4. The average molecular weight is 331 g/mol. The number of likely N-dealkylation sites (tertiary alicyclic amines) is 1. The third-order valence-corrected chi connectivity index (χ3v) is 5.34. The fourth-order valence-electron chi connectivity index (χ4n) is 2.50. The van der Waals surface area contributed by atoms with Crippen LogP contribution in [0.3, 0.4) is 0 Å². The van der Waals surface area contributed by atoms with E-state index in [1.54, 1.807) is 0 Å². The van der Waals surface area contributed by atoms with Crippen molar-refractivity contribution in [1.82, 2.24) is 10.2 Å². The number of nitrogens with one attached hydrogen (secondary N) is 1. The Morgan fingerprint density at radius 3 is 2.86 bits per heavy atom. The number of thiophene rings is 1. The molecule has 0 aliphatic carbocycles. The second-order valence-electron chi connectivity index (χ2n) is 5.58. The molecule has 1 aliphatic heterocycles. The van der Waals surface area contributed by atoms with Gasteiger partial charge in [0, 0.05) is 24.5 Å². The first-order valence-corrected chi connectivity index (χ1v) is 8.69. The summed E-state index contributed by atoms with van der Waals surface area (Å²) in [6.07, 6.45) is 2.55. The van der Waals surface area contributed by atoms with Gasteiger partial charge >= 0.3 is 0 Å². The van der Waals surface area contributed by atoms with Gasteiger partial charge in [-0.2, -0.15) is 0 Å². The van der Waals surface area contributed by atoms with Crippen molar-refractivity contribution in [1.29, 1.82) is 0 Å². The molecule has 1 saturated heterocycles. The highest BCUT2D eigenvalue weighted by Crippen LogP contribution is 2.28. The number of rotatable bonds is 6. The smallest absolute Gasteiger partial charge is 0.228 e. The zero-order valence-electron chi connectivity index (χ0n) is 12.3. The first kappa shape index (κ1) is 16.7. The molecule has 1 atom stereocenters. The van der Waals surface area contributed by atoms with Crippen molar-refractivity contribution in [3.8, 4) is 0 Å². The summed E-state index contributed by atoms with van der Waals surface area (Å²) >= 11 is 7.35. The maximum atomic E-state index is 12.1. The van der Waals surface area contributed by atoms with Crippen molar-refractivity contribution in [2.45, 2.75) is 38.2 Å². The summed E-state index contributed by atoms with van der Waals surface area (Å²) in [5, 5.41) is 12.4. The Morgan fingerprint density at radius 2 is 2.24 bits per heavy atom. The van der Waals surface area contributed by atoms with E-state index in [1.807, 2.05) is 19.1 Å². The van der Waals surface area contributed by atoms with Crippen LogP contribution in [0.2, 0.25) is 4.34 Å². The molecule has 1 amide bonds. The van der Waals surface area contributed by atoms with E-state index in [2.05, 4.69) is 10.2 Å². The van der Waals surface area contributed by atoms with Gasteiger partial charge in [0.1, 0.15) is 0 Å². The van der Waals surface area contributed by atoms with E-state index in [4.69, 9.17) is 11.6 Å². The molecule has 1 aromatic heterocycles. The van der Waals surface area contributed by atoms with Gasteiger partial charge in [-0.1, -0.05) is 11.6 Å². The predicted molar refractivity (Wildman–Crippen MR) is 87.1 cm³/mol. The minimum absolute atomic E-state index is 0.0579. The molecule has 21 heavy (non-hydrogen) atoms. The molecule has 1 fully saturated rings. The van der Waals surface area contributed by atoms with Gasteiger partial charge in [-0.25, -0.2) is 0 Å². The van der Waals surface area contributed by atoms with Crippen molar-refractivity contribution < 1.29 is 9.90 Å². The number of carbonyl (C=O) groups is 1. The van der Waals surface area contributed by atoms with Crippen LogP contribution in [0, 0.1) is 0 Å². The molecule has 1 aliphatic rings. The van der Waals surface area contributed by atoms with Crippen LogP contribution >= 0.6 is 22.9 Å². The minimum atomic E-state index is -0.146. The number of piperidine rings is 1. The van der Waals surface area contributed by atoms with Gasteiger partial charge < -0.3 is 15.3 Å². The van der Waals surface area contributed by atoms with E-state index >= 15 is 0 Å². The quantitative estimate of drug-likeness (QED) is 0.788. The van der Waals surface area contributed by atoms with E-state index < -0.39 is 0 Å². The first-order chi connectivity index (χ1) is 10.1. The van der Waals surface area contributed by atoms with E-state index in [1.165, 1.54) is 11.3 Å². The second-order valence-corrected chi connectivity index (χ2v) is 7.33. The Balaban J connectivity index is 1.63. The number of hydrogen-bond donors (Lipinski definition) is 2. The SMILES string of the molecule is CC(C(=O)NCCCN1CCC(O)CC1)c1ccc(Cl)s1. The van der Waals surface area contributed by atoms with E-state index in [9.17, 15) is 9.90 Å². The van der Waals surface area contributed by atoms with Crippen LogP contribution in [0.1, 0.15) is 37.0 Å². The number of amides is 1. The van der Waals surface area contributed by atoms with Crippen molar-refractivity contribution >= 4 is 28.8 Å². The number of aliphatic hydroxyl groups excluding tert-OH is 1. The molecular weight excluding hydrogens is 308 g/mol. The topological polar surface area (TPSA) is 52.6 Å². The van der Waals surface area contributed by atoms with Crippen molar-refractivity contribution in [3.63, 3.8) is 0 Å². The lowest BCUT2D eigenvalue weighted by molar-refractivity contribution is -0.122. The van der Waals surface area contributed by atoms with Gasteiger partial charge in [0.25, 0.3) is 0 Å². The molecule has 2 N–H and O–H groups in total. The summed E-state index contributed by atoms with van der Waals surface area (Å²) in [5.74, 6) is -0.0878. The monoisotopic (exact) mass is 330 g/mol. The lowest BCUT2D eigenvalue weighted by Gasteiger charge is -2.29. The highest BCUT2D eigenvalue weighted by atomic mass is 35.5. The molecule has 2 rings (SSSR count). The number of nitrogens with zero attached hydrogens (tertiary/aromatic N) is 1. The van der Waals surface area contributed by atoms with Gasteiger partial charge in [-0.15, -0.1) is 11.3 Å². The fraction of sp³-hybridized carbons (Fsp3) is 0.667.